The van der Waals surface area contributed by atoms with E-state index in [0.717, 1.165) is 11.1 Å². The van der Waals surface area contributed by atoms with Gasteiger partial charge in [-0.15, -0.1) is 0 Å². The van der Waals surface area contributed by atoms with Crippen molar-refractivity contribution in [2.24, 2.45) is 0 Å². The molecule has 1 fully saturated rings. The third-order valence-corrected chi connectivity index (χ3v) is 3.63. The molecule has 2 amide bonds. The van der Waals surface area contributed by atoms with Crippen LogP contribution in [0.1, 0.15) is 31.4 Å². The van der Waals surface area contributed by atoms with Crippen molar-refractivity contribution >= 4 is 11.8 Å². The molecule has 1 aliphatic rings. The van der Waals surface area contributed by atoms with Gasteiger partial charge in [-0.25, -0.2) is 0 Å². The highest BCUT2D eigenvalue weighted by Crippen LogP contribution is 2.17. The Morgan fingerprint density at radius 3 is 2.79 bits per heavy atom. The predicted molar refractivity (Wildman–Crippen MR) is 71.2 cm³/mol. The van der Waals surface area contributed by atoms with E-state index in [0.29, 0.717) is 13.0 Å². The van der Waals surface area contributed by atoms with Crippen molar-refractivity contribution < 1.29 is 9.59 Å². The summed E-state index contributed by atoms with van der Waals surface area (Å²) in [6.07, 6.45) is 4.09. The molecule has 0 bridgehead atoms. The Kier molecular flexibility index (Phi) is 3.83. The number of hydrogen-bond donors (Lipinski definition) is 1. The summed E-state index contributed by atoms with van der Waals surface area (Å²) in [5, 5.41) is 2.75. The summed E-state index contributed by atoms with van der Waals surface area (Å²) < 4.78 is 0. The van der Waals surface area contributed by atoms with E-state index in [4.69, 9.17) is 0 Å². The topological polar surface area (TPSA) is 62.3 Å². The third kappa shape index (κ3) is 2.59. The van der Waals surface area contributed by atoms with Gasteiger partial charge in [0.05, 0.1) is 0 Å². The summed E-state index contributed by atoms with van der Waals surface area (Å²) >= 11 is 0. The first kappa shape index (κ1) is 13.5. The van der Waals surface area contributed by atoms with E-state index in [1.165, 1.54) is 0 Å². The molecule has 2 heterocycles. The number of carbonyl (C=O) groups excluding carboxylic acids is 2. The zero-order valence-electron chi connectivity index (χ0n) is 11.5. The van der Waals surface area contributed by atoms with Gasteiger partial charge in [-0.1, -0.05) is 6.92 Å². The average Bonchev–Trinajstić information content (AvgIpc) is 2.41. The van der Waals surface area contributed by atoms with E-state index in [-0.39, 0.29) is 11.8 Å². The molecule has 5 heteroatoms. The van der Waals surface area contributed by atoms with Gasteiger partial charge in [0.1, 0.15) is 12.1 Å². The molecule has 2 atom stereocenters. The largest absolute Gasteiger partial charge is 0.343 e. The van der Waals surface area contributed by atoms with Gasteiger partial charge in [0.25, 0.3) is 0 Å². The first-order valence-corrected chi connectivity index (χ1v) is 6.55. The number of nitrogens with one attached hydrogen (secondary N) is 1. The standard InChI is InChI=1S/C14H19N3O2/c1-4-12-14(19)17(10(3)13(18)16-12)8-11-5-6-15-7-9(11)2/h5-7,10,12H,4,8H2,1-3H3,(H,16,18). The number of aryl methyl sites for hydroxylation is 1. The molecule has 0 aromatic carbocycles. The fourth-order valence-electron chi connectivity index (χ4n) is 2.24. The van der Waals surface area contributed by atoms with Crippen molar-refractivity contribution in [1.82, 2.24) is 15.2 Å². The number of carbonyl (C=O) groups is 2. The molecule has 0 radical (unpaired) electrons. The van der Waals surface area contributed by atoms with Crippen molar-refractivity contribution in [3.63, 3.8) is 0 Å². The monoisotopic (exact) mass is 261 g/mol. The third-order valence-electron chi connectivity index (χ3n) is 3.63. The molecule has 0 aliphatic carbocycles. The number of pyridine rings is 1. The minimum atomic E-state index is -0.428. The Morgan fingerprint density at radius 2 is 2.16 bits per heavy atom. The summed E-state index contributed by atoms with van der Waals surface area (Å²) in [6, 6.07) is 1.07. The van der Waals surface area contributed by atoms with E-state index in [1.54, 1.807) is 24.2 Å². The zero-order chi connectivity index (χ0) is 14.0. The van der Waals surface area contributed by atoms with Crippen LogP contribution in [0.15, 0.2) is 18.5 Å². The fourth-order valence-corrected chi connectivity index (χ4v) is 2.24. The van der Waals surface area contributed by atoms with Crippen LogP contribution in [0.3, 0.4) is 0 Å². The lowest BCUT2D eigenvalue weighted by molar-refractivity contribution is -0.149. The van der Waals surface area contributed by atoms with Gasteiger partial charge in [-0.2, -0.15) is 0 Å². The molecule has 1 aliphatic heterocycles. The maximum absolute atomic E-state index is 12.3. The first-order valence-electron chi connectivity index (χ1n) is 6.55. The highest BCUT2D eigenvalue weighted by atomic mass is 16.2. The molecule has 0 saturated carbocycles. The van der Waals surface area contributed by atoms with Crippen molar-refractivity contribution in [3.05, 3.63) is 29.6 Å². The van der Waals surface area contributed by atoms with E-state index in [1.807, 2.05) is 19.9 Å². The van der Waals surface area contributed by atoms with Crippen molar-refractivity contribution in [2.75, 3.05) is 0 Å². The summed E-state index contributed by atoms with van der Waals surface area (Å²) in [7, 11) is 0. The first-order chi connectivity index (χ1) is 9.04. The van der Waals surface area contributed by atoms with Gasteiger partial charge in [0, 0.05) is 18.9 Å². The fraction of sp³-hybridized carbons (Fsp3) is 0.500. The molecule has 0 spiro atoms. The van der Waals surface area contributed by atoms with Crippen LogP contribution in [0.2, 0.25) is 0 Å². The number of hydrogen-bond acceptors (Lipinski definition) is 3. The van der Waals surface area contributed by atoms with Gasteiger partial charge in [0.15, 0.2) is 0 Å². The maximum atomic E-state index is 12.3. The minimum Gasteiger partial charge on any atom is -0.343 e. The second-order valence-electron chi connectivity index (χ2n) is 4.91. The Labute approximate surface area is 113 Å². The lowest BCUT2D eigenvalue weighted by Crippen LogP contribution is -2.61. The lowest BCUT2D eigenvalue weighted by atomic mass is 10.0. The SMILES string of the molecule is CCC1NC(=O)C(C)N(Cc2ccncc2C)C1=O. The molecular formula is C14H19N3O2. The zero-order valence-corrected chi connectivity index (χ0v) is 11.5. The average molecular weight is 261 g/mol. The van der Waals surface area contributed by atoms with Crippen LogP contribution in [0, 0.1) is 6.92 Å². The molecule has 2 rings (SSSR count). The number of aromatic nitrogens is 1. The van der Waals surface area contributed by atoms with Crippen LogP contribution < -0.4 is 5.32 Å². The smallest absolute Gasteiger partial charge is 0.246 e. The lowest BCUT2D eigenvalue weighted by Gasteiger charge is -2.37. The second-order valence-corrected chi connectivity index (χ2v) is 4.91. The molecule has 1 aromatic rings. The second kappa shape index (κ2) is 5.38. The Bertz CT molecular complexity index is 501. The Morgan fingerprint density at radius 1 is 1.42 bits per heavy atom. The highest BCUT2D eigenvalue weighted by molar-refractivity contribution is 5.96. The number of amides is 2. The van der Waals surface area contributed by atoms with Crippen LogP contribution in [-0.4, -0.2) is 33.8 Å². The number of piperazine rings is 1. The van der Waals surface area contributed by atoms with Crippen LogP contribution in [-0.2, 0) is 16.1 Å². The van der Waals surface area contributed by atoms with Crippen molar-refractivity contribution in [3.8, 4) is 0 Å². The van der Waals surface area contributed by atoms with Crippen LogP contribution in [0.25, 0.3) is 0 Å². The van der Waals surface area contributed by atoms with Gasteiger partial charge in [0.2, 0.25) is 11.8 Å². The molecule has 2 unspecified atom stereocenters. The van der Waals surface area contributed by atoms with Gasteiger partial charge < -0.3 is 10.2 Å². The van der Waals surface area contributed by atoms with Crippen molar-refractivity contribution in [2.45, 2.75) is 45.8 Å². The Hall–Kier alpha value is -1.91. The van der Waals surface area contributed by atoms with Gasteiger partial charge in [-0.05, 0) is 37.5 Å². The molecule has 102 valence electrons. The maximum Gasteiger partial charge on any atom is 0.246 e. The molecule has 5 nitrogen and oxygen atoms in total. The summed E-state index contributed by atoms with van der Waals surface area (Å²) in [5.74, 6) is -0.0935. The molecule has 1 N–H and O–H groups in total. The summed E-state index contributed by atoms with van der Waals surface area (Å²) in [5.41, 5.74) is 2.06. The highest BCUT2D eigenvalue weighted by Gasteiger charge is 2.37. The van der Waals surface area contributed by atoms with E-state index >= 15 is 0 Å². The molecule has 1 saturated heterocycles. The van der Waals surface area contributed by atoms with E-state index in [2.05, 4.69) is 10.3 Å². The molecule has 19 heavy (non-hydrogen) atoms. The Balaban J connectivity index is 2.24. The quantitative estimate of drug-likeness (QED) is 0.883. The molecular weight excluding hydrogens is 242 g/mol. The minimum absolute atomic E-state index is 0.00851. The van der Waals surface area contributed by atoms with E-state index in [9.17, 15) is 9.59 Å². The van der Waals surface area contributed by atoms with Crippen LogP contribution >= 0.6 is 0 Å². The van der Waals surface area contributed by atoms with E-state index < -0.39 is 12.1 Å². The van der Waals surface area contributed by atoms with Crippen molar-refractivity contribution in [1.29, 1.82) is 0 Å². The van der Waals surface area contributed by atoms with Gasteiger partial charge in [-0.3, -0.25) is 14.6 Å². The normalized spacial score (nSPS) is 23.4. The number of rotatable bonds is 3. The molecule has 1 aromatic heterocycles. The van der Waals surface area contributed by atoms with Crippen LogP contribution in [0.5, 0.6) is 0 Å². The summed E-state index contributed by atoms with van der Waals surface area (Å²) in [4.78, 5) is 29.9. The van der Waals surface area contributed by atoms with Gasteiger partial charge >= 0.3 is 0 Å². The number of nitrogens with zero attached hydrogens (tertiary/aromatic N) is 2. The van der Waals surface area contributed by atoms with Crippen LogP contribution in [0.4, 0.5) is 0 Å². The summed E-state index contributed by atoms with van der Waals surface area (Å²) in [6.45, 7) is 6.07. The predicted octanol–water partition coefficient (Wildman–Crippen LogP) is 1.02.